The highest BCUT2D eigenvalue weighted by molar-refractivity contribution is 5.43. The Morgan fingerprint density at radius 3 is 2.68 bits per heavy atom. The first-order valence-electron chi connectivity index (χ1n) is 7.11. The van der Waals surface area contributed by atoms with Gasteiger partial charge in [-0.25, -0.2) is 4.98 Å². The lowest BCUT2D eigenvalue weighted by atomic mass is 9.98. The van der Waals surface area contributed by atoms with E-state index >= 15 is 0 Å². The molecule has 1 aromatic rings. The average Bonchev–Trinajstić information content (AvgIpc) is 2.47. The molecule has 0 spiro atoms. The SMILES string of the molecule is CCc1cc(CO)cc(N2CCC(COC)CC2)n1. The number of aliphatic hydroxyl groups is 1. The van der Waals surface area contributed by atoms with Crippen molar-refractivity contribution in [3.05, 3.63) is 23.4 Å². The second kappa shape index (κ2) is 6.87. The molecule has 0 saturated carbocycles. The van der Waals surface area contributed by atoms with E-state index in [2.05, 4.69) is 16.8 Å². The molecule has 4 nitrogen and oxygen atoms in total. The lowest BCUT2D eigenvalue weighted by Gasteiger charge is -2.32. The second-order valence-corrected chi connectivity index (χ2v) is 5.22. The summed E-state index contributed by atoms with van der Waals surface area (Å²) in [5.41, 5.74) is 2.02. The number of aliphatic hydroxyl groups excluding tert-OH is 1. The zero-order chi connectivity index (χ0) is 13.7. The largest absolute Gasteiger partial charge is 0.392 e. The van der Waals surface area contributed by atoms with Crippen LogP contribution in [0.1, 0.15) is 31.0 Å². The van der Waals surface area contributed by atoms with Crippen LogP contribution in [0.2, 0.25) is 0 Å². The van der Waals surface area contributed by atoms with Crippen LogP contribution in [0.25, 0.3) is 0 Å². The van der Waals surface area contributed by atoms with Crippen molar-refractivity contribution in [2.45, 2.75) is 32.8 Å². The third-order valence-electron chi connectivity index (χ3n) is 3.81. The molecule has 1 N–H and O–H groups in total. The molecule has 1 saturated heterocycles. The molecule has 1 aliphatic rings. The minimum Gasteiger partial charge on any atom is -0.392 e. The fraction of sp³-hybridized carbons (Fsp3) is 0.667. The van der Waals surface area contributed by atoms with Gasteiger partial charge in [0.05, 0.1) is 6.61 Å². The molecule has 4 heteroatoms. The van der Waals surface area contributed by atoms with Gasteiger partial charge in [0.2, 0.25) is 0 Å². The maximum absolute atomic E-state index is 9.33. The molecule has 0 bridgehead atoms. The monoisotopic (exact) mass is 264 g/mol. The molecule has 0 aliphatic carbocycles. The molecule has 0 radical (unpaired) electrons. The molecule has 1 aliphatic heterocycles. The lowest BCUT2D eigenvalue weighted by molar-refractivity contribution is 0.139. The van der Waals surface area contributed by atoms with Gasteiger partial charge in [-0.1, -0.05) is 6.92 Å². The van der Waals surface area contributed by atoms with Gasteiger partial charge in [-0.05, 0) is 42.9 Å². The van der Waals surface area contributed by atoms with Gasteiger partial charge < -0.3 is 14.7 Å². The third kappa shape index (κ3) is 3.67. The van der Waals surface area contributed by atoms with Crippen LogP contribution in [0.3, 0.4) is 0 Å². The summed E-state index contributed by atoms with van der Waals surface area (Å²) < 4.78 is 5.23. The molecule has 19 heavy (non-hydrogen) atoms. The smallest absolute Gasteiger partial charge is 0.129 e. The number of aryl methyl sites for hydroxylation is 1. The number of ether oxygens (including phenoxy) is 1. The summed E-state index contributed by atoms with van der Waals surface area (Å²) in [7, 11) is 1.77. The standard InChI is InChI=1S/C15H24N2O2/c1-3-14-8-13(10-18)9-15(16-14)17-6-4-12(5-7-17)11-19-2/h8-9,12,18H,3-7,10-11H2,1-2H3. The number of hydrogen-bond acceptors (Lipinski definition) is 4. The Balaban J connectivity index is 2.06. The minimum absolute atomic E-state index is 0.0860. The Kier molecular flexibility index (Phi) is 5.16. The van der Waals surface area contributed by atoms with Crippen LogP contribution in [0.15, 0.2) is 12.1 Å². The van der Waals surface area contributed by atoms with E-state index in [4.69, 9.17) is 4.74 Å². The predicted molar refractivity (Wildman–Crippen MR) is 76.4 cm³/mol. The van der Waals surface area contributed by atoms with Crippen LogP contribution in [0.4, 0.5) is 5.82 Å². The second-order valence-electron chi connectivity index (χ2n) is 5.22. The Morgan fingerprint density at radius 1 is 1.37 bits per heavy atom. The highest BCUT2D eigenvalue weighted by atomic mass is 16.5. The lowest BCUT2D eigenvalue weighted by Crippen LogP contribution is -2.35. The van der Waals surface area contributed by atoms with E-state index in [1.54, 1.807) is 7.11 Å². The van der Waals surface area contributed by atoms with Gasteiger partial charge in [-0.2, -0.15) is 0 Å². The van der Waals surface area contributed by atoms with E-state index < -0.39 is 0 Å². The molecule has 0 atom stereocenters. The molecule has 1 fully saturated rings. The summed E-state index contributed by atoms with van der Waals surface area (Å²) in [6.07, 6.45) is 3.21. The highest BCUT2D eigenvalue weighted by Crippen LogP contribution is 2.23. The summed E-state index contributed by atoms with van der Waals surface area (Å²) in [4.78, 5) is 7.00. The van der Waals surface area contributed by atoms with Crippen molar-refractivity contribution in [1.29, 1.82) is 0 Å². The fourth-order valence-electron chi connectivity index (χ4n) is 2.63. The third-order valence-corrected chi connectivity index (χ3v) is 3.81. The molecule has 0 unspecified atom stereocenters. The summed E-state index contributed by atoms with van der Waals surface area (Å²) in [6.45, 7) is 5.09. The van der Waals surface area contributed by atoms with Gasteiger partial charge in [0, 0.05) is 32.5 Å². The molecule has 0 aromatic carbocycles. The Morgan fingerprint density at radius 2 is 2.11 bits per heavy atom. The van der Waals surface area contributed by atoms with Gasteiger partial charge in [-0.15, -0.1) is 0 Å². The zero-order valence-electron chi connectivity index (χ0n) is 11.9. The van der Waals surface area contributed by atoms with Gasteiger partial charge >= 0.3 is 0 Å². The number of piperidine rings is 1. The van der Waals surface area contributed by atoms with Crippen molar-refractivity contribution in [2.75, 3.05) is 31.7 Å². The van der Waals surface area contributed by atoms with Gasteiger partial charge in [-0.3, -0.25) is 0 Å². The molecule has 1 aromatic heterocycles. The van der Waals surface area contributed by atoms with Crippen LogP contribution in [-0.4, -0.2) is 36.9 Å². The van der Waals surface area contributed by atoms with Crippen molar-refractivity contribution >= 4 is 5.82 Å². The topological polar surface area (TPSA) is 45.6 Å². The number of pyridine rings is 1. The van der Waals surface area contributed by atoms with Crippen molar-refractivity contribution in [3.63, 3.8) is 0 Å². The number of rotatable bonds is 5. The maximum Gasteiger partial charge on any atom is 0.129 e. The van der Waals surface area contributed by atoms with Crippen LogP contribution in [-0.2, 0) is 17.8 Å². The van der Waals surface area contributed by atoms with Crippen molar-refractivity contribution in [1.82, 2.24) is 4.98 Å². The van der Waals surface area contributed by atoms with Crippen LogP contribution < -0.4 is 4.90 Å². The fourth-order valence-corrected chi connectivity index (χ4v) is 2.63. The van der Waals surface area contributed by atoms with Crippen molar-refractivity contribution < 1.29 is 9.84 Å². The molecule has 0 amide bonds. The van der Waals surface area contributed by atoms with Gasteiger partial charge in [0.15, 0.2) is 0 Å². The summed E-state index contributed by atoms with van der Waals surface area (Å²) >= 11 is 0. The van der Waals surface area contributed by atoms with Gasteiger partial charge in [0.25, 0.3) is 0 Å². The molecular formula is C15H24N2O2. The molecule has 2 rings (SSSR count). The Bertz CT molecular complexity index is 379. The maximum atomic E-state index is 9.33. The van der Waals surface area contributed by atoms with Crippen molar-refractivity contribution in [2.24, 2.45) is 5.92 Å². The first kappa shape index (κ1) is 14.3. The minimum atomic E-state index is 0.0860. The van der Waals surface area contributed by atoms with E-state index in [-0.39, 0.29) is 6.61 Å². The number of anilines is 1. The first-order valence-corrected chi connectivity index (χ1v) is 7.11. The van der Waals surface area contributed by atoms with E-state index in [9.17, 15) is 5.11 Å². The van der Waals surface area contributed by atoms with Crippen LogP contribution >= 0.6 is 0 Å². The van der Waals surface area contributed by atoms with E-state index in [0.29, 0.717) is 5.92 Å². The number of nitrogens with zero attached hydrogens (tertiary/aromatic N) is 2. The Hall–Kier alpha value is -1.13. The van der Waals surface area contributed by atoms with Crippen molar-refractivity contribution in [3.8, 4) is 0 Å². The number of aromatic nitrogens is 1. The zero-order valence-corrected chi connectivity index (χ0v) is 11.9. The van der Waals surface area contributed by atoms with E-state index in [1.165, 1.54) is 0 Å². The quantitative estimate of drug-likeness (QED) is 0.883. The highest BCUT2D eigenvalue weighted by Gasteiger charge is 2.20. The van der Waals surface area contributed by atoms with Crippen LogP contribution in [0.5, 0.6) is 0 Å². The average molecular weight is 264 g/mol. The molecule has 2 heterocycles. The number of methoxy groups -OCH3 is 1. The van der Waals surface area contributed by atoms with Crippen LogP contribution in [0, 0.1) is 5.92 Å². The molecule has 106 valence electrons. The summed E-state index contributed by atoms with van der Waals surface area (Å²) in [6, 6.07) is 4.00. The summed E-state index contributed by atoms with van der Waals surface area (Å²) in [5, 5.41) is 9.33. The van der Waals surface area contributed by atoms with E-state index in [0.717, 1.165) is 56.0 Å². The number of hydrogen-bond donors (Lipinski definition) is 1. The van der Waals surface area contributed by atoms with Gasteiger partial charge in [0.1, 0.15) is 5.82 Å². The molecular weight excluding hydrogens is 240 g/mol. The first-order chi connectivity index (χ1) is 9.26. The summed E-state index contributed by atoms with van der Waals surface area (Å²) in [5.74, 6) is 1.69. The van der Waals surface area contributed by atoms with E-state index in [1.807, 2.05) is 12.1 Å². The predicted octanol–water partition coefficient (Wildman–Crippen LogP) is 2.00. The Labute approximate surface area is 115 Å². The normalized spacial score (nSPS) is 16.9.